The molecular weight excluding hydrogens is 339 g/mol. The average molecular weight is 359 g/mol. The first-order valence-electron chi connectivity index (χ1n) is 7.97. The number of amides is 1. The van der Waals surface area contributed by atoms with Crippen LogP contribution >= 0.6 is 0 Å². The zero-order chi connectivity index (χ0) is 18.8. The third kappa shape index (κ3) is 5.11. The summed E-state index contributed by atoms with van der Waals surface area (Å²) in [6.45, 7) is 3.63. The molecule has 1 aromatic carbocycles. The summed E-state index contributed by atoms with van der Waals surface area (Å²) in [5, 5.41) is 8.79. The monoisotopic (exact) mass is 359 g/mol. The van der Waals surface area contributed by atoms with Crippen molar-refractivity contribution in [2.45, 2.75) is 45.0 Å². The van der Waals surface area contributed by atoms with Gasteiger partial charge in [0.05, 0.1) is 6.42 Å². The molecule has 0 saturated heterocycles. The van der Waals surface area contributed by atoms with Gasteiger partial charge in [0.25, 0.3) is 0 Å². The highest BCUT2D eigenvalue weighted by atomic mass is 19.4. The summed E-state index contributed by atoms with van der Waals surface area (Å²) >= 11 is 0. The maximum atomic E-state index is 12.6. The van der Waals surface area contributed by atoms with E-state index < -0.39 is 18.2 Å². The second-order valence-corrected chi connectivity index (χ2v) is 6.30. The molecule has 1 aliphatic carbocycles. The minimum atomic E-state index is -4.80. The molecule has 0 spiro atoms. The number of nitrogens with zero attached hydrogens (tertiary/aromatic N) is 1. The fourth-order valence-corrected chi connectivity index (χ4v) is 2.87. The molecule has 2 rings (SSSR count). The van der Waals surface area contributed by atoms with E-state index in [4.69, 9.17) is 5.11 Å². The Labute approximate surface area is 143 Å². The van der Waals surface area contributed by atoms with Gasteiger partial charge in [-0.15, -0.1) is 13.2 Å². The van der Waals surface area contributed by atoms with Crippen LogP contribution in [0.1, 0.15) is 38.2 Å². The number of hydrogen-bond donors (Lipinski definition) is 1. The van der Waals surface area contributed by atoms with Crippen LogP contribution in [0, 0.1) is 5.92 Å². The van der Waals surface area contributed by atoms with Gasteiger partial charge >= 0.3 is 12.3 Å². The Morgan fingerprint density at radius 2 is 1.96 bits per heavy atom. The van der Waals surface area contributed by atoms with E-state index in [1.807, 2.05) is 0 Å². The zero-order valence-corrected chi connectivity index (χ0v) is 13.9. The third-order valence-electron chi connectivity index (χ3n) is 4.12. The summed E-state index contributed by atoms with van der Waals surface area (Å²) in [5.74, 6) is -2.33. The molecule has 5 nitrogen and oxygen atoms in total. The maximum absolute atomic E-state index is 12.6. The maximum Gasteiger partial charge on any atom is 0.573 e. The van der Waals surface area contributed by atoms with Crippen LogP contribution < -0.4 is 4.74 Å². The van der Waals surface area contributed by atoms with Gasteiger partial charge in [0, 0.05) is 18.5 Å². The normalized spacial score (nSPS) is 19.6. The lowest BCUT2D eigenvalue weighted by Crippen LogP contribution is -2.39. The van der Waals surface area contributed by atoms with Crippen LogP contribution in [0.3, 0.4) is 0 Å². The van der Waals surface area contributed by atoms with Gasteiger partial charge in [-0.2, -0.15) is 0 Å². The molecule has 0 radical (unpaired) electrons. The number of benzene rings is 1. The quantitative estimate of drug-likeness (QED) is 0.810. The van der Waals surface area contributed by atoms with Crippen molar-refractivity contribution in [3.63, 3.8) is 0 Å². The standard InChI is InChI=1S/C17H20F3NO4/c1-10(2)21(8-7-15(22)23)16(24)13-9-12(13)11-5-3-4-6-14(11)25-17(18,19)20/h3-6,10,12-13H,7-9H2,1-2H3,(H,22,23). The predicted octanol–water partition coefficient (Wildman–Crippen LogP) is 3.40. The molecule has 1 amide bonds. The number of alkyl halides is 3. The summed E-state index contributed by atoms with van der Waals surface area (Å²) in [5.41, 5.74) is 0.347. The lowest BCUT2D eigenvalue weighted by Gasteiger charge is -2.26. The number of carbonyl (C=O) groups excluding carboxylic acids is 1. The number of ether oxygens (including phenoxy) is 1. The summed E-state index contributed by atoms with van der Waals surface area (Å²) in [6, 6.07) is 5.61. The number of halogens is 3. The fourth-order valence-electron chi connectivity index (χ4n) is 2.87. The van der Waals surface area contributed by atoms with Crippen LogP contribution in [0.2, 0.25) is 0 Å². The summed E-state index contributed by atoms with van der Waals surface area (Å²) in [7, 11) is 0. The molecule has 138 valence electrons. The Balaban J connectivity index is 2.11. The van der Waals surface area contributed by atoms with E-state index in [9.17, 15) is 22.8 Å². The van der Waals surface area contributed by atoms with E-state index >= 15 is 0 Å². The number of carboxylic acid groups (broad SMARTS) is 1. The number of rotatable bonds is 7. The highest BCUT2D eigenvalue weighted by Crippen LogP contribution is 2.51. The molecule has 25 heavy (non-hydrogen) atoms. The Kier molecular flexibility index (Phi) is 5.59. The molecule has 0 heterocycles. The van der Waals surface area contributed by atoms with Crippen molar-refractivity contribution in [1.29, 1.82) is 0 Å². The number of aliphatic carboxylic acids is 1. The Morgan fingerprint density at radius 3 is 2.52 bits per heavy atom. The van der Waals surface area contributed by atoms with Gasteiger partial charge in [0.1, 0.15) is 5.75 Å². The Bertz CT molecular complexity index is 645. The van der Waals surface area contributed by atoms with Crippen molar-refractivity contribution >= 4 is 11.9 Å². The summed E-state index contributed by atoms with van der Waals surface area (Å²) in [4.78, 5) is 24.8. The molecule has 1 N–H and O–H groups in total. The molecule has 0 aromatic heterocycles. The molecule has 8 heteroatoms. The van der Waals surface area contributed by atoms with Crippen LogP contribution in [-0.2, 0) is 9.59 Å². The molecule has 1 aromatic rings. The number of para-hydroxylation sites is 1. The van der Waals surface area contributed by atoms with Crippen LogP contribution in [0.25, 0.3) is 0 Å². The van der Waals surface area contributed by atoms with Crippen molar-refractivity contribution in [3.05, 3.63) is 29.8 Å². The minimum Gasteiger partial charge on any atom is -0.481 e. The molecule has 2 unspecified atom stereocenters. The smallest absolute Gasteiger partial charge is 0.481 e. The van der Waals surface area contributed by atoms with Crippen molar-refractivity contribution in [1.82, 2.24) is 4.90 Å². The SMILES string of the molecule is CC(C)N(CCC(=O)O)C(=O)C1CC1c1ccccc1OC(F)(F)F. The largest absolute Gasteiger partial charge is 0.573 e. The van der Waals surface area contributed by atoms with E-state index in [0.29, 0.717) is 12.0 Å². The van der Waals surface area contributed by atoms with Crippen LogP contribution in [0.15, 0.2) is 24.3 Å². The van der Waals surface area contributed by atoms with Gasteiger partial charge in [-0.05, 0) is 37.8 Å². The first-order valence-corrected chi connectivity index (χ1v) is 7.97. The summed E-state index contributed by atoms with van der Waals surface area (Å²) < 4.78 is 41.6. The molecule has 2 atom stereocenters. The highest BCUT2D eigenvalue weighted by Gasteiger charge is 2.48. The molecule has 0 bridgehead atoms. The van der Waals surface area contributed by atoms with Crippen LogP contribution in [0.4, 0.5) is 13.2 Å². The van der Waals surface area contributed by atoms with Crippen LogP contribution in [0.5, 0.6) is 5.75 Å². The van der Waals surface area contributed by atoms with Gasteiger partial charge in [0.2, 0.25) is 5.91 Å². The van der Waals surface area contributed by atoms with E-state index in [1.54, 1.807) is 19.9 Å². The number of carbonyl (C=O) groups is 2. The number of carboxylic acids is 1. The van der Waals surface area contributed by atoms with Crippen molar-refractivity contribution in [2.75, 3.05) is 6.54 Å². The summed E-state index contributed by atoms with van der Waals surface area (Å²) in [6.07, 6.45) is -4.54. The first kappa shape index (κ1) is 19.1. The van der Waals surface area contributed by atoms with E-state index in [2.05, 4.69) is 4.74 Å². The Hall–Kier alpha value is -2.25. The zero-order valence-electron chi connectivity index (χ0n) is 13.9. The van der Waals surface area contributed by atoms with Crippen molar-refractivity contribution in [3.8, 4) is 5.75 Å². The van der Waals surface area contributed by atoms with E-state index in [0.717, 1.165) is 0 Å². The topological polar surface area (TPSA) is 66.8 Å². The second kappa shape index (κ2) is 7.33. The first-order chi connectivity index (χ1) is 11.6. The van der Waals surface area contributed by atoms with E-state index in [1.165, 1.54) is 23.1 Å². The van der Waals surface area contributed by atoms with Gasteiger partial charge in [-0.1, -0.05) is 18.2 Å². The molecule has 1 saturated carbocycles. The van der Waals surface area contributed by atoms with Crippen molar-refractivity contribution < 1.29 is 32.6 Å². The lowest BCUT2D eigenvalue weighted by molar-refractivity contribution is -0.274. The highest BCUT2D eigenvalue weighted by molar-refractivity contribution is 5.84. The van der Waals surface area contributed by atoms with Gasteiger partial charge in [-0.25, -0.2) is 0 Å². The molecular formula is C17H20F3NO4. The fraction of sp³-hybridized carbons (Fsp3) is 0.529. The average Bonchev–Trinajstić information content (AvgIpc) is 3.25. The van der Waals surface area contributed by atoms with E-state index in [-0.39, 0.29) is 36.6 Å². The van der Waals surface area contributed by atoms with Gasteiger partial charge in [0.15, 0.2) is 0 Å². The van der Waals surface area contributed by atoms with Crippen LogP contribution in [-0.4, -0.2) is 40.8 Å². The molecule has 1 fully saturated rings. The predicted molar refractivity (Wildman–Crippen MR) is 83.1 cm³/mol. The Morgan fingerprint density at radius 1 is 1.32 bits per heavy atom. The van der Waals surface area contributed by atoms with Gasteiger partial charge in [-0.3, -0.25) is 9.59 Å². The van der Waals surface area contributed by atoms with Gasteiger partial charge < -0.3 is 14.7 Å². The molecule has 0 aliphatic heterocycles. The van der Waals surface area contributed by atoms with Crippen molar-refractivity contribution in [2.24, 2.45) is 5.92 Å². The number of hydrogen-bond acceptors (Lipinski definition) is 3. The molecule has 1 aliphatic rings. The minimum absolute atomic E-state index is 0.0791. The second-order valence-electron chi connectivity index (χ2n) is 6.30. The third-order valence-corrected chi connectivity index (χ3v) is 4.12. The lowest BCUT2D eigenvalue weighted by atomic mass is 10.1.